The molecule has 0 spiro atoms. The zero-order valence-electron chi connectivity index (χ0n) is 15.0. The van der Waals surface area contributed by atoms with Gasteiger partial charge in [-0.1, -0.05) is 60.7 Å². The Balaban J connectivity index is 2.05. The number of carbonyl (C=O) groups excluding carboxylic acids is 1. The summed E-state index contributed by atoms with van der Waals surface area (Å²) in [6, 6.07) is 21.4. The summed E-state index contributed by atoms with van der Waals surface area (Å²) in [6.45, 7) is 4.20. The van der Waals surface area contributed by atoms with Crippen molar-refractivity contribution in [2.45, 2.75) is 30.8 Å². The quantitative estimate of drug-likeness (QED) is 0.472. The van der Waals surface area contributed by atoms with Crippen LogP contribution in [0.2, 0.25) is 0 Å². The number of hydrogen-bond acceptors (Lipinski definition) is 4. The number of benzene rings is 3. The third-order valence-electron chi connectivity index (χ3n) is 4.47. The summed E-state index contributed by atoms with van der Waals surface area (Å²) >= 11 is 4.64. The molecule has 1 N–H and O–H groups in total. The fraction of sp³-hybridized carbons (Fsp3) is 0.227. The van der Waals surface area contributed by atoms with Crippen molar-refractivity contribution < 1.29 is 9.53 Å². The third-order valence-corrected chi connectivity index (χ3v) is 4.86. The van der Waals surface area contributed by atoms with Crippen molar-refractivity contribution in [1.82, 2.24) is 5.32 Å². The standard InChI is InChI=1S/C22H23NO2S/c1-3-25-22(24)21(23-15(2)16-9-5-4-6-10-16)20-18-12-8-7-11-17(18)13-14-19(20)26/h4-15,21,23,26H,3H2,1-2H3/t15-,21+/m1/s1. The van der Waals surface area contributed by atoms with E-state index in [0.717, 1.165) is 26.8 Å². The number of ether oxygens (including phenoxy) is 1. The van der Waals surface area contributed by atoms with Gasteiger partial charge in [-0.15, -0.1) is 12.6 Å². The van der Waals surface area contributed by atoms with Gasteiger partial charge in [-0.3, -0.25) is 5.32 Å². The second-order valence-corrected chi connectivity index (χ2v) is 6.69. The first-order valence-corrected chi connectivity index (χ1v) is 9.24. The Bertz CT molecular complexity index is 895. The third kappa shape index (κ3) is 3.92. The molecule has 0 heterocycles. The van der Waals surface area contributed by atoms with Crippen LogP contribution in [0.3, 0.4) is 0 Å². The summed E-state index contributed by atoms with van der Waals surface area (Å²) in [7, 11) is 0. The lowest BCUT2D eigenvalue weighted by atomic mass is 9.97. The van der Waals surface area contributed by atoms with Crippen molar-refractivity contribution in [3.8, 4) is 0 Å². The van der Waals surface area contributed by atoms with Crippen molar-refractivity contribution in [3.05, 3.63) is 77.9 Å². The lowest BCUT2D eigenvalue weighted by Gasteiger charge is -2.25. The number of nitrogens with one attached hydrogen (secondary N) is 1. The minimum Gasteiger partial charge on any atom is -0.465 e. The molecule has 0 saturated heterocycles. The average Bonchev–Trinajstić information content (AvgIpc) is 2.67. The Morgan fingerprint density at radius 3 is 2.46 bits per heavy atom. The number of carbonyl (C=O) groups is 1. The minimum atomic E-state index is -0.594. The van der Waals surface area contributed by atoms with Crippen molar-refractivity contribution in [2.24, 2.45) is 0 Å². The predicted octanol–water partition coefficient (Wildman–Crippen LogP) is 5.08. The Hall–Kier alpha value is -2.30. The Morgan fingerprint density at radius 1 is 1.04 bits per heavy atom. The monoisotopic (exact) mass is 365 g/mol. The fourth-order valence-electron chi connectivity index (χ4n) is 3.17. The van der Waals surface area contributed by atoms with Gasteiger partial charge in [0.25, 0.3) is 0 Å². The number of thiol groups is 1. The van der Waals surface area contributed by atoms with E-state index in [1.54, 1.807) is 0 Å². The van der Waals surface area contributed by atoms with Crippen LogP contribution in [0.1, 0.15) is 37.1 Å². The molecule has 0 unspecified atom stereocenters. The van der Waals surface area contributed by atoms with Gasteiger partial charge in [0.05, 0.1) is 6.61 Å². The van der Waals surface area contributed by atoms with Gasteiger partial charge in [-0.25, -0.2) is 4.79 Å². The van der Waals surface area contributed by atoms with E-state index in [9.17, 15) is 4.79 Å². The van der Waals surface area contributed by atoms with Gasteiger partial charge < -0.3 is 4.74 Å². The van der Waals surface area contributed by atoms with Crippen molar-refractivity contribution in [1.29, 1.82) is 0 Å². The number of esters is 1. The first-order chi connectivity index (χ1) is 12.6. The maximum Gasteiger partial charge on any atom is 0.327 e. The first kappa shape index (κ1) is 18.5. The molecule has 0 amide bonds. The van der Waals surface area contributed by atoms with Crippen LogP contribution in [-0.2, 0) is 9.53 Å². The molecule has 134 valence electrons. The van der Waals surface area contributed by atoms with Gasteiger partial charge >= 0.3 is 5.97 Å². The number of fused-ring (bicyclic) bond motifs is 1. The molecule has 3 rings (SSSR count). The van der Waals surface area contributed by atoms with Gasteiger partial charge in [-0.05, 0) is 36.2 Å². The van der Waals surface area contributed by atoms with Crippen LogP contribution in [0.5, 0.6) is 0 Å². The largest absolute Gasteiger partial charge is 0.465 e. The minimum absolute atomic E-state index is 0.0164. The van der Waals surface area contributed by atoms with Crippen LogP contribution >= 0.6 is 12.6 Å². The lowest BCUT2D eigenvalue weighted by Crippen LogP contribution is -2.32. The van der Waals surface area contributed by atoms with Gasteiger partial charge in [0, 0.05) is 16.5 Å². The molecule has 0 aliphatic carbocycles. The molecular formula is C22H23NO2S. The molecule has 0 fully saturated rings. The Morgan fingerprint density at radius 2 is 1.73 bits per heavy atom. The molecule has 4 heteroatoms. The van der Waals surface area contributed by atoms with E-state index in [-0.39, 0.29) is 12.0 Å². The summed E-state index contributed by atoms with van der Waals surface area (Å²) in [5.74, 6) is -0.290. The highest BCUT2D eigenvalue weighted by molar-refractivity contribution is 7.80. The second-order valence-electron chi connectivity index (χ2n) is 6.20. The first-order valence-electron chi connectivity index (χ1n) is 8.80. The topological polar surface area (TPSA) is 38.3 Å². The summed E-state index contributed by atoms with van der Waals surface area (Å²) in [5.41, 5.74) is 1.97. The van der Waals surface area contributed by atoms with E-state index in [2.05, 4.69) is 17.9 Å². The van der Waals surface area contributed by atoms with Crippen LogP contribution in [0, 0.1) is 0 Å². The zero-order chi connectivity index (χ0) is 18.5. The molecular weight excluding hydrogens is 342 g/mol. The Kier molecular flexibility index (Phi) is 5.96. The van der Waals surface area contributed by atoms with Crippen molar-refractivity contribution in [2.75, 3.05) is 6.61 Å². The van der Waals surface area contributed by atoms with E-state index >= 15 is 0 Å². The van der Waals surface area contributed by atoms with Crippen LogP contribution < -0.4 is 5.32 Å². The lowest BCUT2D eigenvalue weighted by molar-refractivity contribution is -0.146. The maximum absolute atomic E-state index is 12.8. The zero-order valence-corrected chi connectivity index (χ0v) is 15.9. The smallest absolute Gasteiger partial charge is 0.327 e. The molecule has 0 saturated carbocycles. The number of rotatable bonds is 6. The van der Waals surface area contributed by atoms with Gasteiger partial charge in [-0.2, -0.15) is 0 Å². The second kappa shape index (κ2) is 8.39. The van der Waals surface area contributed by atoms with Crippen LogP contribution in [0.4, 0.5) is 0 Å². The van der Waals surface area contributed by atoms with Crippen LogP contribution in [0.25, 0.3) is 10.8 Å². The van der Waals surface area contributed by atoms with Gasteiger partial charge in [0.15, 0.2) is 0 Å². The summed E-state index contributed by atoms with van der Waals surface area (Å²) in [4.78, 5) is 13.6. The molecule has 3 aromatic rings. The highest BCUT2D eigenvalue weighted by Gasteiger charge is 2.27. The summed E-state index contributed by atoms with van der Waals surface area (Å²) in [6.07, 6.45) is 0. The highest BCUT2D eigenvalue weighted by Crippen LogP contribution is 2.32. The molecule has 26 heavy (non-hydrogen) atoms. The average molecular weight is 365 g/mol. The summed E-state index contributed by atoms with van der Waals surface area (Å²) in [5, 5.41) is 5.52. The SMILES string of the molecule is CCOC(=O)[C@@H](N[C@H](C)c1ccccc1)c1c(S)ccc2ccccc12. The van der Waals surface area contributed by atoms with Crippen LogP contribution in [0.15, 0.2) is 71.6 Å². The van der Waals surface area contributed by atoms with Crippen molar-refractivity contribution >= 4 is 29.4 Å². The number of hydrogen-bond donors (Lipinski definition) is 2. The summed E-state index contributed by atoms with van der Waals surface area (Å²) < 4.78 is 5.36. The molecule has 0 radical (unpaired) electrons. The molecule has 3 nitrogen and oxygen atoms in total. The van der Waals surface area contributed by atoms with Gasteiger partial charge in [0.2, 0.25) is 0 Å². The molecule has 3 aromatic carbocycles. The van der Waals surface area contributed by atoms with E-state index in [4.69, 9.17) is 4.74 Å². The van der Waals surface area contributed by atoms with E-state index < -0.39 is 6.04 Å². The maximum atomic E-state index is 12.8. The van der Waals surface area contributed by atoms with Crippen molar-refractivity contribution in [3.63, 3.8) is 0 Å². The molecule has 0 aliphatic heterocycles. The fourth-order valence-corrected chi connectivity index (χ4v) is 3.49. The highest BCUT2D eigenvalue weighted by atomic mass is 32.1. The Labute approximate surface area is 159 Å². The molecule has 0 bridgehead atoms. The van der Waals surface area contributed by atoms with E-state index in [1.165, 1.54) is 0 Å². The molecule has 0 aliphatic rings. The van der Waals surface area contributed by atoms with Crippen LogP contribution in [-0.4, -0.2) is 12.6 Å². The van der Waals surface area contributed by atoms with E-state index in [1.807, 2.05) is 80.6 Å². The normalized spacial score (nSPS) is 13.3. The molecule has 2 atom stereocenters. The molecule has 0 aromatic heterocycles. The predicted molar refractivity (Wildman–Crippen MR) is 109 cm³/mol. The van der Waals surface area contributed by atoms with Gasteiger partial charge in [0.1, 0.15) is 6.04 Å². The van der Waals surface area contributed by atoms with E-state index in [0.29, 0.717) is 6.61 Å².